The molecule has 16 heavy (non-hydrogen) atoms. The largest absolute Gasteiger partial charge is 0.329 e. The van der Waals surface area contributed by atoms with Gasteiger partial charge in [0.1, 0.15) is 11.6 Å². The Kier molecular flexibility index (Phi) is 2.55. The van der Waals surface area contributed by atoms with Gasteiger partial charge in [-0.25, -0.2) is 13.6 Å². The SMILES string of the molecule is O=C1CNC(=O)N1Cc1cc(F)ccc1F. The third-order valence-corrected chi connectivity index (χ3v) is 2.27. The van der Waals surface area contributed by atoms with Gasteiger partial charge in [-0.1, -0.05) is 0 Å². The molecule has 0 unspecified atom stereocenters. The van der Waals surface area contributed by atoms with Crippen LogP contribution in [0.25, 0.3) is 0 Å². The van der Waals surface area contributed by atoms with Crippen LogP contribution in [0.1, 0.15) is 5.56 Å². The molecule has 0 spiro atoms. The number of amides is 3. The molecule has 1 aromatic rings. The zero-order valence-electron chi connectivity index (χ0n) is 8.17. The lowest BCUT2D eigenvalue weighted by Gasteiger charge is -2.12. The van der Waals surface area contributed by atoms with Crippen LogP contribution in [0, 0.1) is 11.6 Å². The summed E-state index contributed by atoms with van der Waals surface area (Å²) in [6.45, 7) is -0.357. The van der Waals surface area contributed by atoms with Gasteiger partial charge in [-0.15, -0.1) is 0 Å². The maximum Gasteiger partial charge on any atom is 0.324 e. The van der Waals surface area contributed by atoms with Crippen LogP contribution in [0.15, 0.2) is 18.2 Å². The molecule has 1 aromatic carbocycles. The number of hydrogen-bond donors (Lipinski definition) is 1. The Balaban J connectivity index is 2.23. The molecule has 0 radical (unpaired) electrons. The molecule has 1 heterocycles. The lowest BCUT2D eigenvalue weighted by Crippen LogP contribution is -2.30. The van der Waals surface area contributed by atoms with Crippen molar-refractivity contribution >= 4 is 11.9 Å². The summed E-state index contributed by atoms with van der Waals surface area (Å²) >= 11 is 0. The third-order valence-electron chi connectivity index (χ3n) is 2.27. The Morgan fingerprint density at radius 2 is 2.06 bits per heavy atom. The molecule has 4 nitrogen and oxygen atoms in total. The van der Waals surface area contributed by atoms with Crippen molar-refractivity contribution in [2.45, 2.75) is 6.54 Å². The third kappa shape index (κ3) is 1.86. The lowest BCUT2D eigenvalue weighted by atomic mass is 10.2. The number of imide groups is 1. The highest BCUT2D eigenvalue weighted by Gasteiger charge is 2.29. The maximum absolute atomic E-state index is 13.2. The highest BCUT2D eigenvalue weighted by Crippen LogP contribution is 2.14. The van der Waals surface area contributed by atoms with Crippen LogP contribution in [0.3, 0.4) is 0 Å². The number of nitrogens with one attached hydrogen (secondary N) is 1. The van der Waals surface area contributed by atoms with Crippen molar-refractivity contribution in [3.05, 3.63) is 35.4 Å². The molecule has 0 atom stereocenters. The molecule has 1 aliphatic heterocycles. The molecule has 6 heteroatoms. The van der Waals surface area contributed by atoms with Crippen LogP contribution in [0.2, 0.25) is 0 Å². The molecule has 0 bridgehead atoms. The zero-order valence-corrected chi connectivity index (χ0v) is 8.17. The van der Waals surface area contributed by atoms with Gasteiger partial charge < -0.3 is 5.32 Å². The number of rotatable bonds is 2. The van der Waals surface area contributed by atoms with Crippen LogP contribution in [-0.2, 0) is 11.3 Å². The van der Waals surface area contributed by atoms with Crippen molar-refractivity contribution in [3.8, 4) is 0 Å². The predicted molar refractivity (Wildman–Crippen MR) is 50.3 cm³/mol. The van der Waals surface area contributed by atoms with E-state index in [1.807, 2.05) is 0 Å². The summed E-state index contributed by atoms with van der Waals surface area (Å²) in [6.07, 6.45) is 0. The molecule has 3 amide bonds. The summed E-state index contributed by atoms with van der Waals surface area (Å²) in [4.78, 5) is 23.2. The molecular formula is C10H8F2N2O2. The summed E-state index contributed by atoms with van der Waals surface area (Å²) in [5, 5.41) is 2.29. The molecule has 1 aliphatic rings. The van der Waals surface area contributed by atoms with Gasteiger partial charge in [-0.2, -0.15) is 0 Å². The Hall–Kier alpha value is -1.98. The van der Waals surface area contributed by atoms with E-state index in [1.165, 1.54) is 0 Å². The van der Waals surface area contributed by atoms with E-state index in [4.69, 9.17) is 0 Å². The van der Waals surface area contributed by atoms with Gasteiger partial charge >= 0.3 is 6.03 Å². The smallest absolute Gasteiger partial charge is 0.324 e. The summed E-state index contributed by atoms with van der Waals surface area (Å²) in [7, 11) is 0. The van der Waals surface area contributed by atoms with Crippen LogP contribution < -0.4 is 5.32 Å². The van der Waals surface area contributed by atoms with E-state index in [0.29, 0.717) is 0 Å². The molecule has 84 valence electrons. The van der Waals surface area contributed by atoms with E-state index < -0.39 is 23.6 Å². The van der Waals surface area contributed by atoms with Crippen molar-refractivity contribution in [1.29, 1.82) is 0 Å². The second-order valence-electron chi connectivity index (χ2n) is 3.37. The number of benzene rings is 1. The molecule has 1 saturated heterocycles. The number of urea groups is 1. The van der Waals surface area contributed by atoms with Crippen LogP contribution in [-0.4, -0.2) is 23.4 Å². The van der Waals surface area contributed by atoms with Gasteiger partial charge in [-0.3, -0.25) is 9.69 Å². The Morgan fingerprint density at radius 1 is 1.31 bits per heavy atom. The van der Waals surface area contributed by atoms with E-state index in [-0.39, 0.29) is 18.7 Å². The fourth-order valence-corrected chi connectivity index (χ4v) is 1.45. The number of hydrogen-bond acceptors (Lipinski definition) is 2. The van der Waals surface area contributed by atoms with Crippen molar-refractivity contribution in [3.63, 3.8) is 0 Å². The predicted octanol–water partition coefficient (Wildman–Crippen LogP) is 1.02. The lowest BCUT2D eigenvalue weighted by molar-refractivity contribution is -0.125. The average Bonchev–Trinajstić information content (AvgIpc) is 2.55. The average molecular weight is 226 g/mol. The van der Waals surface area contributed by atoms with E-state index in [1.54, 1.807) is 0 Å². The molecule has 1 N–H and O–H groups in total. The quantitative estimate of drug-likeness (QED) is 0.765. The number of halogens is 2. The maximum atomic E-state index is 13.2. The Labute approximate surface area is 89.8 Å². The highest BCUT2D eigenvalue weighted by atomic mass is 19.1. The number of carbonyl (C=O) groups excluding carboxylic acids is 2. The minimum atomic E-state index is -0.645. The Bertz CT molecular complexity index is 446. The normalized spacial score (nSPS) is 15.5. The van der Waals surface area contributed by atoms with Crippen molar-refractivity contribution in [2.75, 3.05) is 6.54 Å². The fourth-order valence-electron chi connectivity index (χ4n) is 1.45. The fraction of sp³-hybridized carbons (Fsp3) is 0.200. The summed E-state index contributed by atoms with van der Waals surface area (Å²) in [6, 6.07) is 2.32. The van der Waals surface area contributed by atoms with Crippen LogP contribution in [0.5, 0.6) is 0 Å². The molecule has 1 fully saturated rings. The monoisotopic (exact) mass is 226 g/mol. The van der Waals surface area contributed by atoms with Crippen LogP contribution >= 0.6 is 0 Å². The van der Waals surface area contributed by atoms with Crippen molar-refractivity contribution in [1.82, 2.24) is 10.2 Å². The van der Waals surface area contributed by atoms with E-state index in [9.17, 15) is 18.4 Å². The topological polar surface area (TPSA) is 49.4 Å². The minimum Gasteiger partial charge on any atom is -0.329 e. The molecular weight excluding hydrogens is 218 g/mol. The number of carbonyl (C=O) groups is 2. The summed E-state index contributed by atoms with van der Waals surface area (Å²) in [5.41, 5.74) is -0.0228. The van der Waals surface area contributed by atoms with E-state index >= 15 is 0 Å². The molecule has 2 rings (SSSR count). The number of nitrogens with zero attached hydrogens (tertiary/aromatic N) is 1. The first kappa shape index (κ1) is 10.5. The summed E-state index contributed by atoms with van der Waals surface area (Å²) in [5.74, 6) is -1.70. The van der Waals surface area contributed by atoms with Crippen molar-refractivity contribution in [2.24, 2.45) is 0 Å². The van der Waals surface area contributed by atoms with Crippen LogP contribution in [0.4, 0.5) is 13.6 Å². The van der Waals surface area contributed by atoms with Gasteiger partial charge in [0.15, 0.2) is 0 Å². The molecule has 0 saturated carbocycles. The Morgan fingerprint density at radius 3 is 2.69 bits per heavy atom. The second kappa shape index (κ2) is 3.88. The zero-order chi connectivity index (χ0) is 11.7. The standard InChI is InChI=1S/C10H8F2N2O2/c11-7-1-2-8(12)6(3-7)5-14-9(15)4-13-10(14)16/h1-3H,4-5H2,(H,13,16). The first-order valence-electron chi connectivity index (χ1n) is 4.60. The first-order valence-corrected chi connectivity index (χ1v) is 4.60. The summed E-state index contributed by atoms with van der Waals surface area (Å²) < 4.78 is 26.1. The minimum absolute atomic E-state index is 0.0228. The van der Waals surface area contributed by atoms with Gasteiger partial charge in [0.05, 0.1) is 13.1 Å². The van der Waals surface area contributed by atoms with Crippen molar-refractivity contribution < 1.29 is 18.4 Å². The van der Waals surface area contributed by atoms with Gasteiger partial charge in [0.25, 0.3) is 0 Å². The molecule has 0 aromatic heterocycles. The van der Waals surface area contributed by atoms with E-state index in [2.05, 4.69) is 5.32 Å². The van der Waals surface area contributed by atoms with Gasteiger partial charge in [-0.05, 0) is 18.2 Å². The van der Waals surface area contributed by atoms with E-state index in [0.717, 1.165) is 23.1 Å². The van der Waals surface area contributed by atoms with Gasteiger partial charge in [0, 0.05) is 5.56 Å². The second-order valence-corrected chi connectivity index (χ2v) is 3.37. The first-order chi connectivity index (χ1) is 7.58. The van der Waals surface area contributed by atoms with Gasteiger partial charge in [0.2, 0.25) is 5.91 Å². The highest BCUT2D eigenvalue weighted by molar-refractivity contribution is 6.01. The molecule has 0 aliphatic carbocycles.